The Kier molecular flexibility index (Phi) is 3.19. The third-order valence-electron chi connectivity index (χ3n) is 1.82. The molecule has 4 heteroatoms. The number of aryl methyl sites for hydroxylation is 2. The van der Waals surface area contributed by atoms with Gasteiger partial charge in [0.15, 0.2) is 0 Å². The number of nitrogens with one attached hydrogen (secondary N) is 1. The zero-order valence-corrected chi connectivity index (χ0v) is 8.29. The number of hydrogen-bond acceptors (Lipinski definition) is 3. The van der Waals surface area contributed by atoms with Gasteiger partial charge < -0.3 is 5.32 Å². The van der Waals surface area contributed by atoms with Gasteiger partial charge in [0.1, 0.15) is 0 Å². The van der Waals surface area contributed by atoms with E-state index in [0.29, 0.717) is 6.54 Å². The Labute approximate surface area is 77.6 Å². The first-order valence-corrected chi connectivity index (χ1v) is 4.39. The summed E-state index contributed by atoms with van der Waals surface area (Å²) in [7, 11) is 1.67. The summed E-state index contributed by atoms with van der Waals surface area (Å²) in [4.78, 5) is 11.5. The van der Waals surface area contributed by atoms with Crippen LogP contribution in [0.4, 0.5) is 0 Å². The average Bonchev–Trinajstić information content (AvgIpc) is 2.09. The van der Waals surface area contributed by atoms with Crippen LogP contribution in [0.2, 0.25) is 0 Å². The largest absolute Gasteiger partial charge is 0.313 e. The van der Waals surface area contributed by atoms with Crippen molar-refractivity contribution in [3.63, 3.8) is 0 Å². The lowest BCUT2D eigenvalue weighted by Crippen LogP contribution is -2.27. The summed E-state index contributed by atoms with van der Waals surface area (Å²) in [6, 6.07) is 1.82. The maximum absolute atomic E-state index is 11.5. The zero-order chi connectivity index (χ0) is 9.84. The van der Waals surface area contributed by atoms with Crippen molar-refractivity contribution in [2.45, 2.75) is 20.4 Å². The molecule has 0 fully saturated rings. The molecule has 13 heavy (non-hydrogen) atoms. The molecule has 72 valence electrons. The van der Waals surface area contributed by atoms with Gasteiger partial charge in [0.25, 0.3) is 5.56 Å². The van der Waals surface area contributed by atoms with Crippen molar-refractivity contribution in [3.05, 3.63) is 27.7 Å². The monoisotopic (exact) mass is 181 g/mol. The first-order chi connectivity index (χ1) is 6.15. The predicted octanol–water partition coefficient (Wildman–Crippen LogP) is 0.198. The fourth-order valence-electron chi connectivity index (χ4n) is 1.22. The maximum atomic E-state index is 11.5. The second kappa shape index (κ2) is 4.18. The smallest absolute Gasteiger partial charge is 0.270 e. The van der Waals surface area contributed by atoms with E-state index in [4.69, 9.17) is 0 Å². The van der Waals surface area contributed by atoms with E-state index >= 15 is 0 Å². The highest BCUT2D eigenvalue weighted by Gasteiger charge is 2.02. The SMILES string of the molecule is CCNCc1cc(C)nn(C)c1=O. The first-order valence-electron chi connectivity index (χ1n) is 4.39. The molecule has 0 aliphatic heterocycles. The number of nitrogens with zero attached hydrogens (tertiary/aromatic N) is 2. The second-order valence-corrected chi connectivity index (χ2v) is 3.02. The average molecular weight is 181 g/mol. The van der Waals surface area contributed by atoms with E-state index in [1.807, 2.05) is 19.9 Å². The Morgan fingerprint density at radius 1 is 1.62 bits per heavy atom. The van der Waals surface area contributed by atoms with Gasteiger partial charge in [0.2, 0.25) is 0 Å². The second-order valence-electron chi connectivity index (χ2n) is 3.02. The Hall–Kier alpha value is -1.16. The van der Waals surface area contributed by atoms with Crippen LogP contribution in [-0.2, 0) is 13.6 Å². The van der Waals surface area contributed by atoms with Crippen LogP contribution in [0.15, 0.2) is 10.9 Å². The van der Waals surface area contributed by atoms with Crippen LogP contribution in [0, 0.1) is 6.92 Å². The van der Waals surface area contributed by atoms with E-state index in [9.17, 15) is 4.79 Å². The maximum Gasteiger partial charge on any atom is 0.270 e. The van der Waals surface area contributed by atoms with Gasteiger partial charge in [-0.05, 0) is 19.5 Å². The molecule has 0 aliphatic carbocycles. The highest BCUT2D eigenvalue weighted by atomic mass is 16.1. The van der Waals surface area contributed by atoms with Gasteiger partial charge in [-0.1, -0.05) is 6.92 Å². The summed E-state index contributed by atoms with van der Waals surface area (Å²) >= 11 is 0. The van der Waals surface area contributed by atoms with Crippen molar-refractivity contribution in [2.75, 3.05) is 6.54 Å². The van der Waals surface area contributed by atoms with E-state index in [-0.39, 0.29) is 5.56 Å². The molecular formula is C9H15N3O. The Morgan fingerprint density at radius 3 is 2.92 bits per heavy atom. The molecular weight excluding hydrogens is 166 g/mol. The standard InChI is InChI=1S/C9H15N3O/c1-4-10-6-8-5-7(2)11-12(3)9(8)13/h5,10H,4,6H2,1-3H3. The lowest BCUT2D eigenvalue weighted by atomic mass is 10.2. The van der Waals surface area contributed by atoms with Crippen molar-refractivity contribution in [1.29, 1.82) is 0 Å². The summed E-state index contributed by atoms with van der Waals surface area (Å²) in [6.45, 7) is 5.38. The van der Waals surface area contributed by atoms with Crippen LogP contribution in [0.3, 0.4) is 0 Å². The molecule has 0 unspecified atom stereocenters. The van der Waals surface area contributed by atoms with Crippen molar-refractivity contribution in [1.82, 2.24) is 15.1 Å². The minimum absolute atomic E-state index is 0.0217. The Bertz CT molecular complexity index is 343. The molecule has 1 aromatic heterocycles. The minimum atomic E-state index is -0.0217. The zero-order valence-electron chi connectivity index (χ0n) is 8.29. The summed E-state index contributed by atoms with van der Waals surface area (Å²) in [5.41, 5.74) is 1.62. The molecule has 0 saturated heterocycles. The van der Waals surface area contributed by atoms with Crippen LogP contribution in [0.5, 0.6) is 0 Å². The Balaban J connectivity index is 2.99. The first kappa shape index (κ1) is 9.92. The van der Waals surface area contributed by atoms with E-state index < -0.39 is 0 Å². The lowest BCUT2D eigenvalue weighted by molar-refractivity contribution is 0.652. The van der Waals surface area contributed by atoms with Gasteiger partial charge >= 0.3 is 0 Å². The molecule has 0 atom stereocenters. The highest BCUT2D eigenvalue weighted by Crippen LogP contribution is 1.93. The normalized spacial score (nSPS) is 10.4. The molecule has 1 heterocycles. The third kappa shape index (κ3) is 2.39. The van der Waals surface area contributed by atoms with Gasteiger partial charge in [-0.3, -0.25) is 4.79 Å². The van der Waals surface area contributed by atoms with E-state index in [0.717, 1.165) is 17.8 Å². The van der Waals surface area contributed by atoms with E-state index in [1.54, 1.807) is 7.05 Å². The summed E-state index contributed by atoms with van der Waals surface area (Å²) < 4.78 is 1.38. The van der Waals surface area contributed by atoms with Gasteiger partial charge in [-0.15, -0.1) is 0 Å². The summed E-state index contributed by atoms with van der Waals surface area (Å²) in [5, 5.41) is 7.14. The quantitative estimate of drug-likeness (QED) is 0.724. The van der Waals surface area contributed by atoms with Crippen molar-refractivity contribution >= 4 is 0 Å². The van der Waals surface area contributed by atoms with Crippen molar-refractivity contribution in [2.24, 2.45) is 7.05 Å². The molecule has 0 bridgehead atoms. The highest BCUT2D eigenvalue weighted by molar-refractivity contribution is 5.12. The van der Waals surface area contributed by atoms with E-state index in [1.165, 1.54) is 4.68 Å². The number of rotatable bonds is 3. The van der Waals surface area contributed by atoms with Crippen LogP contribution >= 0.6 is 0 Å². The molecule has 1 rings (SSSR count). The van der Waals surface area contributed by atoms with E-state index in [2.05, 4.69) is 10.4 Å². The molecule has 4 nitrogen and oxygen atoms in total. The van der Waals surface area contributed by atoms with Gasteiger partial charge in [-0.25, -0.2) is 4.68 Å². The number of aromatic nitrogens is 2. The summed E-state index contributed by atoms with van der Waals surface area (Å²) in [5.74, 6) is 0. The molecule has 0 amide bonds. The van der Waals surface area contributed by atoms with Crippen molar-refractivity contribution < 1.29 is 0 Å². The lowest BCUT2D eigenvalue weighted by Gasteiger charge is -2.04. The molecule has 0 aliphatic rings. The molecule has 0 saturated carbocycles. The van der Waals surface area contributed by atoms with Crippen LogP contribution in [0.1, 0.15) is 18.2 Å². The molecule has 1 N–H and O–H groups in total. The molecule has 0 aromatic carbocycles. The number of hydrogen-bond donors (Lipinski definition) is 1. The van der Waals surface area contributed by atoms with Crippen LogP contribution in [-0.4, -0.2) is 16.3 Å². The Morgan fingerprint density at radius 2 is 2.31 bits per heavy atom. The third-order valence-corrected chi connectivity index (χ3v) is 1.82. The minimum Gasteiger partial charge on any atom is -0.313 e. The molecule has 0 radical (unpaired) electrons. The van der Waals surface area contributed by atoms with Gasteiger partial charge in [0.05, 0.1) is 5.69 Å². The fraction of sp³-hybridized carbons (Fsp3) is 0.556. The molecule has 1 aromatic rings. The van der Waals surface area contributed by atoms with Crippen LogP contribution in [0.25, 0.3) is 0 Å². The summed E-state index contributed by atoms with van der Waals surface area (Å²) in [6.07, 6.45) is 0. The topological polar surface area (TPSA) is 46.9 Å². The predicted molar refractivity (Wildman–Crippen MR) is 51.6 cm³/mol. The van der Waals surface area contributed by atoms with Crippen LogP contribution < -0.4 is 10.9 Å². The fourth-order valence-corrected chi connectivity index (χ4v) is 1.22. The van der Waals surface area contributed by atoms with Crippen molar-refractivity contribution in [3.8, 4) is 0 Å². The van der Waals surface area contributed by atoms with Gasteiger partial charge in [-0.2, -0.15) is 5.10 Å². The van der Waals surface area contributed by atoms with Gasteiger partial charge in [0, 0.05) is 19.2 Å². The molecule has 0 spiro atoms.